The van der Waals surface area contributed by atoms with Crippen molar-refractivity contribution in [3.8, 4) is 0 Å². The molecular formula is C21H18N4O. The van der Waals surface area contributed by atoms with Crippen molar-refractivity contribution in [1.29, 1.82) is 0 Å². The van der Waals surface area contributed by atoms with Gasteiger partial charge in [-0.15, -0.1) is 0 Å². The largest absolute Gasteiger partial charge is 0.343 e. The van der Waals surface area contributed by atoms with Gasteiger partial charge in [-0.05, 0) is 36.8 Å². The van der Waals surface area contributed by atoms with Gasteiger partial charge in [0.1, 0.15) is 0 Å². The number of para-hydroxylation sites is 1. The number of hydrogen-bond donors (Lipinski definition) is 2. The first-order chi connectivity index (χ1) is 12.7. The summed E-state index contributed by atoms with van der Waals surface area (Å²) in [5.74, 6) is 0.422. The van der Waals surface area contributed by atoms with Crippen LogP contribution in [0.2, 0.25) is 0 Å². The van der Waals surface area contributed by atoms with Gasteiger partial charge in [-0.3, -0.25) is 14.8 Å². The molecule has 5 nitrogen and oxygen atoms in total. The number of pyridine rings is 1. The number of H-pyrrole nitrogens is 1. The molecule has 0 amide bonds. The Balaban J connectivity index is 1.79. The summed E-state index contributed by atoms with van der Waals surface area (Å²) in [5.41, 5.74) is 3.56. The van der Waals surface area contributed by atoms with E-state index in [2.05, 4.69) is 39.3 Å². The molecule has 4 aromatic rings. The van der Waals surface area contributed by atoms with Gasteiger partial charge in [-0.2, -0.15) is 0 Å². The molecule has 2 aromatic heterocycles. The summed E-state index contributed by atoms with van der Waals surface area (Å²) >= 11 is 0. The topological polar surface area (TPSA) is 70.7 Å². The third kappa shape index (κ3) is 3.19. The SMILES string of the molecule is Cc1cccc(C(Nc2nc3ccccc3c(=O)[nH]2)c2ccccn2)c1. The predicted octanol–water partition coefficient (Wildman–Crippen LogP) is 3.83. The van der Waals surface area contributed by atoms with E-state index in [1.807, 2.05) is 48.5 Å². The summed E-state index contributed by atoms with van der Waals surface area (Å²) in [6.45, 7) is 2.05. The summed E-state index contributed by atoms with van der Waals surface area (Å²) < 4.78 is 0. The van der Waals surface area contributed by atoms with Crippen LogP contribution in [0.4, 0.5) is 5.95 Å². The second-order valence-electron chi connectivity index (χ2n) is 6.18. The molecular weight excluding hydrogens is 324 g/mol. The van der Waals surface area contributed by atoms with E-state index >= 15 is 0 Å². The van der Waals surface area contributed by atoms with Gasteiger partial charge < -0.3 is 5.32 Å². The van der Waals surface area contributed by atoms with Gasteiger partial charge in [0.25, 0.3) is 5.56 Å². The maximum Gasteiger partial charge on any atom is 0.260 e. The van der Waals surface area contributed by atoms with Gasteiger partial charge in [-0.25, -0.2) is 4.98 Å². The van der Waals surface area contributed by atoms with E-state index in [4.69, 9.17) is 0 Å². The van der Waals surface area contributed by atoms with Crippen LogP contribution in [0.15, 0.2) is 77.7 Å². The average molecular weight is 342 g/mol. The van der Waals surface area contributed by atoms with Crippen LogP contribution in [0.1, 0.15) is 22.9 Å². The van der Waals surface area contributed by atoms with Crippen LogP contribution in [-0.2, 0) is 0 Å². The highest BCUT2D eigenvalue weighted by atomic mass is 16.1. The second kappa shape index (κ2) is 6.80. The van der Waals surface area contributed by atoms with Crippen molar-refractivity contribution in [1.82, 2.24) is 15.0 Å². The third-order valence-electron chi connectivity index (χ3n) is 4.25. The van der Waals surface area contributed by atoms with Crippen molar-refractivity contribution in [2.75, 3.05) is 5.32 Å². The molecule has 0 bridgehead atoms. The lowest BCUT2D eigenvalue weighted by Gasteiger charge is -2.19. The standard InChI is InChI=1S/C21H18N4O/c1-14-7-6-8-15(13-14)19(18-11-4-5-12-22-18)24-21-23-17-10-3-2-9-16(17)20(26)25-21/h2-13,19H,1H3,(H2,23,24,25,26). The zero-order valence-corrected chi connectivity index (χ0v) is 14.3. The molecule has 0 saturated carbocycles. The van der Waals surface area contributed by atoms with E-state index in [1.54, 1.807) is 12.3 Å². The fraction of sp³-hybridized carbons (Fsp3) is 0.0952. The lowest BCUT2D eigenvalue weighted by Crippen LogP contribution is -2.19. The molecule has 5 heteroatoms. The van der Waals surface area contributed by atoms with Crippen molar-refractivity contribution in [3.05, 3.63) is 100 Å². The van der Waals surface area contributed by atoms with Gasteiger partial charge in [0.05, 0.1) is 22.6 Å². The smallest absolute Gasteiger partial charge is 0.260 e. The van der Waals surface area contributed by atoms with Crippen LogP contribution in [0.5, 0.6) is 0 Å². The Morgan fingerprint density at radius 3 is 2.65 bits per heavy atom. The van der Waals surface area contributed by atoms with Gasteiger partial charge >= 0.3 is 0 Å². The lowest BCUT2D eigenvalue weighted by molar-refractivity contribution is 0.865. The molecule has 128 valence electrons. The van der Waals surface area contributed by atoms with E-state index < -0.39 is 0 Å². The Hall–Kier alpha value is -3.47. The molecule has 2 aromatic carbocycles. The second-order valence-corrected chi connectivity index (χ2v) is 6.18. The van der Waals surface area contributed by atoms with Crippen molar-refractivity contribution < 1.29 is 0 Å². The Kier molecular flexibility index (Phi) is 4.19. The lowest BCUT2D eigenvalue weighted by atomic mass is 10.0. The number of aryl methyl sites for hydroxylation is 1. The number of aromatic amines is 1. The Bertz CT molecular complexity index is 1110. The molecule has 2 N–H and O–H groups in total. The summed E-state index contributed by atoms with van der Waals surface area (Å²) in [6, 6.07) is 21.1. The zero-order valence-electron chi connectivity index (χ0n) is 14.3. The monoisotopic (exact) mass is 342 g/mol. The van der Waals surface area contributed by atoms with Crippen LogP contribution in [0.25, 0.3) is 10.9 Å². The number of benzene rings is 2. The number of nitrogens with zero attached hydrogens (tertiary/aromatic N) is 2. The fourth-order valence-corrected chi connectivity index (χ4v) is 3.02. The first-order valence-electron chi connectivity index (χ1n) is 8.44. The molecule has 1 atom stereocenters. The molecule has 0 aliphatic heterocycles. The van der Waals surface area contributed by atoms with Crippen LogP contribution < -0.4 is 10.9 Å². The Morgan fingerprint density at radius 1 is 1.00 bits per heavy atom. The molecule has 0 aliphatic rings. The number of fused-ring (bicyclic) bond motifs is 1. The Morgan fingerprint density at radius 2 is 1.85 bits per heavy atom. The molecule has 0 aliphatic carbocycles. The van der Waals surface area contributed by atoms with E-state index in [1.165, 1.54) is 0 Å². The molecule has 0 spiro atoms. The minimum absolute atomic E-state index is 0.165. The number of anilines is 1. The minimum Gasteiger partial charge on any atom is -0.343 e. The summed E-state index contributed by atoms with van der Waals surface area (Å²) in [6.07, 6.45) is 1.76. The molecule has 0 saturated heterocycles. The molecule has 4 rings (SSSR count). The molecule has 0 radical (unpaired) electrons. The number of aromatic nitrogens is 3. The zero-order chi connectivity index (χ0) is 17.9. The van der Waals surface area contributed by atoms with E-state index in [9.17, 15) is 4.79 Å². The summed E-state index contributed by atoms with van der Waals surface area (Å²) in [7, 11) is 0. The van der Waals surface area contributed by atoms with E-state index in [0.717, 1.165) is 16.8 Å². The number of nitrogens with one attached hydrogen (secondary N) is 2. The third-order valence-corrected chi connectivity index (χ3v) is 4.25. The van der Waals surface area contributed by atoms with Crippen molar-refractivity contribution in [2.24, 2.45) is 0 Å². The first kappa shape index (κ1) is 16.0. The fourth-order valence-electron chi connectivity index (χ4n) is 3.02. The average Bonchev–Trinajstić information content (AvgIpc) is 2.67. The van der Waals surface area contributed by atoms with E-state index in [0.29, 0.717) is 16.9 Å². The van der Waals surface area contributed by atoms with Crippen LogP contribution in [0, 0.1) is 6.92 Å². The van der Waals surface area contributed by atoms with Crippen molar-refractivity contribution in [3.63, 3.8) is 0 Å². The highest BCUT2D eigenvalue weighted by molar-refractivity contribution is 5.78. The van der Waals surface area contributed by atoms with Crippen molar-refractivity contribution in [2.45, 2.75) is 13.0 Å². The molecule has 0 fully saturated rings. The minimum atomic E-state index is -0.222. The van der Waals surface area contributed by atoms with Gasteiger partial charge in [0.15, 0.2) is 0 Å². The first-order valence-corrected chi connectivity index (χ1v) is 8.44. The highest BCUT2D eigenvalue weighted by Gasteiger charge is 2.17. The molecule has 2 heterocycles. The summed E-state index contributed by atoms with van der Waals surface area (Å²) in [4.78, 5) is 24.2. The van der Waals surface area contributed by atoms with Gasteiger partial charge in [0, 0.05) is 6.20 Å². The van der Waals surface area contributed by atoms with E-state index in [-0.39, 0.29) is 11.6 Å². The maximum atomic E-state index is 12.4. The number of hydrogen-bond acceptors (Lipinski definition) is 4. The highest BCUT2D eigenvalue weighted by Crippen LogP contribution is 2.24. The summed E-state index contributed by atoms with van der Waals surface area (Å²) in [5, 5.41) is 3.91. The van der Waals surface area contributed by atoms with Gasteiger partial charge in [0.2, 0.25) is 5.95 Å². The quantitative estimate of drug-likeness (QED) is 0.591. The van der Waals surface area contributed by atoms with Crippen LogP contribution >= 0.6 is 0 Å². The van der Waals surface area contributed by atoms with Gasteiger partial charge in [-0.1, -0.05) is 48.0 Å². The Labute approximate surface area is 150 Å². The van der Waals surface area contributed by atoms with Crippen LogP contribution in [0.3, 0.4) is 0 Å². The van der Waals surface area contributed by atoms with Crippen molar-refractivity contribution >= 4 is 16.9 Å². The maximum absolute atomic E-state index is 12.4. The number of rotatable bonds is 4. The van der Waals surface area contributed by atoms with Crippen LogP contribution in [-0.4, -0.2) is 15.0 Å². The molecule has 1 unspecified atom stereocenters. The molecule has 26 heavy (non-hydrogen) atoms. The predicted molar refractivity (Wildman–Crippen MR) is 103 cm³/mol. The normalized spacial score (nSPS) is 12.0.